The highest BCUT2D eigenvalue weighted by Gasteiger charge is 2.24. The number of halogens is 1. The molecule has 0 N–H and O–H groups in total. The molecule has 0 saturated carbocycles. The number of nitrogens with zero attached hydrogens (tertiary/aromatic N) is 6. The molecule has 7 nitrogen and oxygen atoms in total. The van der Waals surface area contributed by atoms with Crippen molar-refractivity contribution in [2.75, 3.05) is 31.1 Å². The van der Waals surface area contributed by atoms with Crippen LogP contribution in [0.4, 0.5) is 5.82 Å². The zero-order valence-electron chi connectivity index (χ0n) is 15.8. The highest BCUT2D eigenvalue weighted by Crippen LogP contribution is 2.21. The minimum absolute atomic E-state index is 0.0295. The molecule has 2 aromatic heterocycles. The molecule has 1 aromatic carbocycles. The fraction of sp³-hybridized carbons (Fsp3) is 0.300. The van der Waals surface area contributed by atoms with Gasteiger partial charge in [0.2, 0.25) is 0 Å². The summed E-state index contributed by atoms with van der Waals surface area (Å²) in [4.78, 5) is 29.9. The van der Waals surface area contributed by atoms with Crippen molar-refractivity contribution < 1.29 is 4.79 Å². The monoisotopic (exact) mass is 396 g/mol. The number of aryl methyl sites for hydroxylation is 1. The van der Waals surface area contributed by atoms with Crippen molar-refractivity contribution in [1.82, 2.24) is 24.4 Å². The van der Waals surface area contributed by atoms with E-state index in [4.69, 9.17) is 11.6 Å². The van der Waals surface area contributed by atoms with Crippen LogP contribution >= 0.6 is 11.6 Å². The van der Waals surface area contributed by atoms with Gasteiger partial charge in [-0.3, -0.25) is 9.36 Å². The molecule has 0 unspecified atom stereocenters. The zero-order chi connectivity index (χ0) is 19.7. The van der Waals surface area contributed by atoms with Gasteiger partial charge >= 0.3 is 0 Å². The fourth-order valence-corrected chi connectivity index (χ4v) is 3.53. The summed E-state index contributed by atoms with van der Waals surface area (Å²) in [5.74, 6) is 1.61. The third-order valence-electron chi connectivity index (χ3n) is 5.13. The lowest BCUT2D eigenvalue weighted by molar-refractivity contribution is 0.0746. The second-order valence-corrected chi connectivity index (χ2v) is 7.19. The number of amides is 1. The molecular weight excluding hydrogens is 376 g/mol. The van der Waals surface area contributed by atoms with Crippen molar-refractivity contribution >= 4 is 23.3 Å². The summed E-state index contributed by atoms with van der Waals surface area (Å²) in [7, 11) is 0. The van der Waals surface area contributed by atoms with Gasteiger partial charge in [0.1, 0.15) is 24.3 Å². The molecule has 1 aliphatic heterocycles. The summed E-state index contributed by atoms with van der Waals surface area (Å²) in [5.41, 5.74) is 2.58. The van der Waals surface area contributed by atoms with Crippen LogP contribution in [0.2, 0.25) is 5.02 Å². The second-order valence-electron chi connectivity index (χ2n) is 6.78. The molecule has 0 spiro atoms. The van der Waals surface area contributed by atoms with E-state index in [1.54, 1.807) is 24.8 Å². The molecule has 0 aliphatic carbocycles. The lowest BCUT2D eigenvalue weighted by atomic mass is 10.2. The first-order valence-corrected chi connectivity index (χ1v) is 9.54. The fourth-order valence-electron chi connectivity index (χ4n) is 3.32. The minimum atomic E-state index is -0.0295. The highest BCUT2D eigenvalue weighted by molar-refractivity contribution is 6.33. The molecule has 28 heavy (non-hydrogen) atoms. The molecular formula is C20H21ClN6O. The Bertz CT molecular complexity index is 1010. The summed E-state index contributed by atoms with van der Waals surface area (Å²) in [6.45, 7) is 6.63. The lowest BCUT2D eigenvalue weighted by Crippen LogP contribution is -2.49. The van der Waals surface area contributed by atoms with E-state index in [0.29, 0.717) is 36.8 Å². The van der Waals surface area contributed by atoms with E-state index >= 15 is 0 Å². The van der Waals surface area contributed by atoms with E-state index < -0.39 is 0 Å². The Morgan fingerprint density at radius 1 is 1.00 bits per heavy atom. The molecule has 1 amide bonds. The van der Waals surface area contributed by atoms with Crippen LogP contribution in [-0.4, -0.2) is 56.5 Å². The maximum atomic E-state index is 12.7. The Morgan fingerprint density at radius 2 is 1.71 bits per heavy atom. The van der Waals surface area contributed by atoms with Crippen LogP contribution in [0.15, 0.2) is 43.0 Å². The highest BCUT2D eigenvalue weighted by atomic mass is 35.5. The van der Waals surface area contributed by atoms with Crippen LogP contribution in [0.1, 0.15) is 21.7 Å². The Labute approximate surface area is 168 Å². The number of aromatic nitrogens is 4. The normalized spacial score (nSPS) is 14.4. The van der Waals surface area contributed by atoms with Gasteiger partial charge < -0.3 is 9.80 Å². The predicted molar refractivity (Wildman–Crippen MR) is 108 cm³/mol. The summed E-state index contributed by atoms with van der Waals surface area (Å²) >= 11 is 6.17. The Balaban J connectivity index is 1.47. The molecule has 4 rings (SSSR count). The molecule has 3 heterocycles. The number of anilines is 1. The summed E-state index contributed by atoms with van der Waals surface area (Å²) < 4.78 is 1.96. The second kappa shape index (κ2) is 7.59. The minimum Gasteiger partial charge on any atom is -0.353 e. The van der Waals surface area contributed by atoms with E-state index in [2.05, 4.69) is 19.9 Å². The maximum absolute atomic E-state index is 12.7. The van der Waals surface area contributed by atoms with E-state index in [1.165, 1.54) is 0 Å². The summed E-state index contributed by atoms with van der Waals surface area (Å²) in [5, 5.41) is 0.487. The van der Waals surface area contributed by atoms with Gasteiger partial charge in [-0.05, 0) is 26.0 Å². The number of rotatable bonds is 3. The summed E-state index contributed by atoms with van der Waals surface area (Å²) in [6.07, 6.45) is 3.34. The van der Waals surface area contributed by atoms with E-state index in [1.807, 2.05) is 41.5 Å². The molecule has 1 saturated heterocycles. The van der Waals surface area contributed by atoms with Crippen LogP contribution in [0.5, 0.6) is 0 Å². The molecule has 1 fully saturated rings. The van der Waals surface area contributed by atoms with E-state index in [9.17, 15) is 4.79 Å². The van der Waals surface area contributed by atoms with E-state index in [-0.39, 0.29) is 5.91 Å². The molecule has 1 aliphatic rings. The average Bonchev–Trinajstić information content (AvgIpc) is 3.07. The standard InChI is InChI=1S/C20H21ClN6O/c1-14-15(2)27(13-24-14)19-11-18(22-12-23-19)25-7-9-26(10-8-25)20(28)16-5-3-4-6-17(16)21/h3-6,11-13H,7-10H2,1-2H3. The maximum Gasteiger partial charge on any atom is 0.255 e. The van der Waals surface area contributed by atoms with Gasteiger partial charge in [-0.2, -0.15) is 0 Å². The topological polar surface area (TPSA) is 67.2 Å². The third-order valence-corrected chi connectivity index (χ3v) is 5.46. The molecule has 0 atom stereocenters. The largest absolute Gasteiger partial charge is 0.353 e. The van der Waals surface area contributed by atoms with Gasteiger partial charge in [-0.15, -0.1) is 0 Å². The van der Waals surface area contributed by atoms with Gasteiger partial charge in [-0.25, -0.2) is 15.0 Å². The van der Waals surface area contributed by atoms with Crippen molar-refractivity contribution in [2.45, 2.75) is 13.8 Å². The first-order valence-electron chi connectivity index (χ1n) is 9.16. The van der Waals surface area contributed by atoms with Gasteiger partial charge in [-0.1, -0.05) is 23.7 Å². The summed E-state index contributed by atoms with van der Waals surface area (Å²) in [6, 6.07) is 9.13. The number of piperazine rings is 1. The van der Waals surface area contributed by atoms with Crippen LogP contribution in [-0.2, 0) is 0 Å². The zero-order valence-corrected chi connectivity index (χ0v) is 16.6. The number of imidazole rings is 1. The lowest BCUT2D eigenvalue weighted by Gasteiger charge is -2.35. The number of carbonyl (C=O) groups excluding carboxylic acids is 1. The first-order chi connectivity index (χ1) is 13.5. The Morgan fingerprint density at radius 3 is 2.39 bits per heavy atom. The molecule has 3 aromatic rings. The SMILES string of the molecule is Cc1ncn(-c2cc(N3CCN(C(=O)c4ccccc4Cl)CC3)ncn2)c1C. The Kier molecular flexibility index (Phi) is 5.00. The number of carbonyl (C=O) groups is 1. The predicted octanol–water partition coefficient (Wildman–Crippen LogP) is 2.89. The number of benzene rings is 1. The molecule has 0 bridgehead atoms. The molecule has 0 radical (unpaired) electrons. The van der Waals surface area contributed by atoms with Gasteiger partial charge in [0, 0.05) is 37.9 Å². The van der Waals surface area contributed by atoms with Crippen LogP contribution in [0.3, 0.4) is 0 Å². The van der Waals surface area contributed by atoms with Crippen LogP contribution in [0.25, 0.3) is 5.82 Å². The molecule has 144 valence electrons. The van der Waals surface area contributed by atoms with Gasteiger partial charge in [0.15, 0.2) is 0 Å². The van der Waals surface area contributed by atoms with Crippen LogP contribution in [0, 0.1) is 13.8 Å². The van der Waals surface area contributed by atoms with Crippen molar-refractivity contribution in [2.24, 2.45) is 0 Å². The smallest absolute Gasteiger partial charge is 0.255 e. The van der Waals surface area contributed by atoms with Crippen LogP contribution < -0.4 is 4.90 Å². The first kappa shape index (κ1) is 18.4. The molecule has 8 heteroatoms. The van der Waals surface area contributed by atoms with Crippen molar-refractivity contribution in [1.29, 1.82) is 0 Å². The van der Waals surface area contributed by atoms with Gasteiger partial charge in [0.25, 0.3) is 5.91 Å². The van der Waals surface area contributed by atoms with Crippen molar-refractivity contribution in [3.63, 3.8) is 0 Å². The Hall–Kier alpha value is -2.93. The number of hydrogen-bond acceptors (Lipinski definition) is 5. The third kappa shape index (κ3) is 3.45. The number of hydrogen-bond donors (Lipinski definition) is 0. The van der Waals surface area contributed by atoms with Crippen molar-refractivity contribution in [3.05, 3.63) is 65.0 Å². The van der Waals surface area contributed by atoms with Crippen molar-refractivity contribution in [3.8, 4) is 5.82 Å². The van der Waals surface area contributed by atoms with E-state index in [0.717, 1.165) is 23.0 Å². The average molecular weight is 397 g/mol. The van der Waals surface area contributed by atoms with Gasteiger partial charge in [0.05, 0.1) is 16.3 Å². The quantitative estimate of drug-likeness (QED) is 0.681.